The van der Waals surface area contributed by atoms with Crippen LogP contribution in [0.3, 0.4) is 0 Å². The van der Waals surface area contributed by atoms with Crippen LogP contribution in [0.5, 0.6) is 5.75 Å². The van der Waals surface area contributed by atoms with E-state index in [0.29, 0.717) is 23.6 Å². The Kier molecular flexibility index (Phi) is 7.19. The zero-order valence-electron chi connectivity index (χ0n) is 15.5. The van der Waals surface area contributed by atoms with Gasteiger partial charge in [0, 0.05) is 29.3 Å². The lowest BCUT2D eigenvalue weighted by molar-refractivity contribution is -0.191. The first-order valence-corrected chi connectivity index (χ1v) is 8.45. The van der Waals surface area contributed by atoms with E-state index in [1.165, 1.54) is 0 Å². The minimum atomic E-state index is -0.171. The summed E-state index contributed by atoms with van der Waals surface area (Å²) in [6.45, 7) is 4.11. The number of aryl methyl sites for hydroxylation is 1. The monoisotopic (exact) mass is 380 g/mol. The highest BCUT2D eigenvalue weighted by atomic mass is 16.5. The van der Waals surface area contributed by atoms with Crippen LogP contribution in [0.25, 0.3) is 10.9 Å². The second-order valence-electron chi connectivity index (χ2n) is 6.01. The molecule has 0 aliphatic heterocycles. The molecule has 0 radical (unpaired) electrons. The van der Waals surface area contributed by atoms with Crippen molar-refractivity contribution >= 4 is 28.6 Å². The summed E-state index contributed by atoms with van der Waals surface area (Å²) in [7, 11) is 0. The van der Waals surface area contributed by atoms with Gasteiger partial charge in [0.2, 0.25) is 0 Å². The summed E-state index contributed by atoms with van der Waals surface area (Å²) in [6.07, 6.45) is 3.42. The minimum absolute atomic E-state index is 0.159. The number of pyridine rings is 2. The number of amides is 1. The molecule has 3 rings (SSSR count). The second-order valence-corrected chi connectivity index (χ2v) is 6.01. The van der Waals surface area contributed by atoms with Gasteiger partial charge < -0.3 is 15.8 Å². The van der Waals surface area contributed by atoms with Crippen molar-refractivity contribution < 1.29 is 19.1 Å². The first-order chi connectivity index (χ1) is 13.5. The number of nitrogen functional groups attached to an aromatic ring is 1. The maximum absolute atomic E-state index is 12.1. The van der Waals surface area contributed by atoms with Crippen LogP contribution >= 0.6 is 0 Å². The zero-order chi connectivity index (χ0) is 20.5. The van der Waals surface area contributed by atoms with Crippen molar-refractivity contribution in [3.8, 4) is 5.75 Å². The minimum Gasteiger partial charge on any atom is -0.491 e. The van der Waals surface area contributed by atoms with Crippen molar-refractivity contribution in [1.82, 2.24) is 15.3 Å². The van der Waals surface area contributed by atoms with E-state index in [0.717, 1.165) is 16.6 Å². The number of benzene rings is 1. The van der Waals surface area contributed by atoms with Gasteiger partial charge in [-0.2, -0.15) is 9.59 Å². The number of fused-ring (bicyclic) bond motifs is 1. The number of rotatable bonds is 5. The number of nitrogens with two attached hydrogens (primary N) is 1. The number of nitrogens with zero attached hydrogens (tertiary/aromatic N) is 2. The summed E-state index contributed by atoms with van der Waals surface area (Å²) in [6, 6.07) is 10.6. The third-order valence-corrected chi connectivity index (χ3v) is 3.76. The topological polar surface area (TPSA) is 124 Å². The van der Waals surface area contributed by atoms with E-state index < -0.39 is 0 Å². The van der Waals surface area contributed by atoms with Gasteiger partial charge in [-0.3, -0.25) is 14.8 Å². The van der Waals surface area contributed by atoms with Crippen LogP contribution < -0.4 is 15.8 Å². The van der Waals surface area contributed by atoms with Gasteiger partial charge in [0.25, 0.3) is 5.91 Å². The van der Waals surface area contributed by atoms with E-state index in [-0.39, 0.29) is 18.1 Å². The molecule has 0 saturated carbocycles. The molecule has 8 heteroatoms. The maximum Gasteiger partial charge on any atom is 0.373 e. The number of carbonyl (C=O) groups excluding carboxylic acids is 3. The summed E-state index contributed by atoms with van der Waals surface area (Å²) >= 11 is 0. The Morgan fingerprint density at radius 3 is 2.61 bits per heavy atom. The predicted octanol–water partition coefficient (Wildman–Crippen LogP) is 2.13. The third-order valence-electron chi connectivity index (χ3n) is 3.76. The lowest BCUT2D eigenvalue weighted by atomic mass is 10.1. The molecule has 3 aromatic rings. The van der Waals surface area contributed by atoms with E-state index in [4.69, 9.17) is 20.1 Å². The van der Waals surface area contributed by atoms with Gasteiger partial charge in [0.15, 0.2) is 0 Å². The molecule has 1 atom stereocenters. The van der Waals surface area contributed by atoms with E-state index in [9.17, 15) is 4.79 Å². The van der Waals surface area contributed by atoms with Crippen molar-refractivity contribution in [3.63, 3.8) is 0 Å². The second kappa shape index (κ2) is 9.80. The molecular weight excluding hydrogens is 360 g/mol. The van der Waals surface area contributed by atoms with Gasteiger partial charge in [-0.1, -0.05) is 6.07 Å². The lowest BCUT2D eigenvalue weighted by Crippen LogP contribution is -2.36. The molecule has 0 aliphatic rings. The lowest BCUT2D eigenvalue weighted by Gasteiger charge is -2.16. The van der Waals surface area contributed by atoms with Crippen molar-refractivity contribution in [2.75, 3.05) is 12.3 Å². The van der Waals surface area contributed by atoms with Gasteiger partial charge in [0.1, 0.15) is 12.4 Å². The summed E-state index contributed by atoms with van der Waals surface area (Å²) in [5, 5.41) is 3.69. The maximum atomic E-state index is 12.1. The fourth-order valence-electron chi connectivity index (χ4n) is 2.61. The van der Waals surface area contributed by atoms with Gasteiger partial charge in [-0.25, -0.2) is 0 Å². The molecule has 2 heterocycles. The van der Waals surface area contributed by atoms with E-state index in [2.05, 4.69) is 15.3 Å². The van der Waals surface area contributed by atoms with E-state index in [1.807, 2.05) is 38.1 Å². The first kappa shape index (κ1) is 20.5. The number of hydrogen-bond acceptors (Lipinski definition) is 7. The van der Waals surface area contributed by atoms with Crippen molar-refractivity contribution in [2.24, 2.45) is 0 Å². The average Bonchev–Trinajstić information content (AvgIpc) is 2.67. The first-order valence-electron chi connectivity index (χ1n) is 8.45. The molecule has 3 N–H and O–H groups in total. The average molecular weight is 380 g/mol. The molecule has 2 aromatic heterocycles. The molecule has 0 aliphatic carbocycles. The number of aromatic nitrogens is 2. The molecule has 0 unspecified atom stereocenters. The van der Waals surface area contributed by atoms with Crippen LogP contribution in [0.4, 0.5) is 5.69 Å². The molecule has 28 heavy (non-hydrogen) atoms. The smallest absolute Gasteiger partial charge is 0.373 e. The van der Waals surface area contributed by atoms with Gasteiger partial charge in [-0.05, 0) is 44.2 Å². The van der Waals surface area contributed by atoms with Crippen molar-refractivity contribution in [3.05, 3.63) is 60.0 Å². The quantitative estimate of drug-likeness (QED) is 0.695. The summed E-state index contributed by atoms with van der Waals surface area (Å²) in [4.78, 5) is 36.8. The number of nitrogens with one attached hydrogen (secondary N) is 1. The van der Waals surface area contributed by atoms with Gasteiger partial charge in [-0.15, -0.1) is 0 Å². The summed E-state index contributed by atoms with van der Waals surface area (Å²) in [5.41, 5.74) is 8.98. The highest BCUT2D eigenvalue weighted by Gasteiger charge is 2.12. The number of hydrogen-bond donors (Lipinski definition) is 2. The Balaban J connectivity index is 0.000000878. The van der Waals surface area contributed by atoms with Crippen LogP contribution in [0.1, 0.15) is 23.0 Å². The number of carbonyl (C=O) groups is 1. The van der Waals surface area contributed by atoms with E-state index >= 15 is 0 Å². The highest BCUT2D eigenvalue weighted by Crippen LogP contribution is 2.30. The van der Waals surface area contributed by atoms with Crippen LogP contribution in [0, 0.1) is 6.92 Å². The van der Waals surface area contributed by atoms with Gasteiger partial charge in [0.05, 0.1) is 16.9 Å². The molecular formula is C20H20N4O4. The van der Waals surface area contributed by atoms with E-state index in [1.54, 1.807) is 24.5 Å². The SMILES string of the molecule is Cc1cc(N)c2c(OC[C@@H](C)NC(=O)c3ccncc3)cccc2n1.O=C=O. The molecule has 144 valence electrons. The number of anilines is 1. The van der Waals surface area contributed by atoms with Gasteiger partial charge >= 0.3 is 6.15 Å². The third kappa shape index (κ3) is 5.36. The van der Waals surface area contributed by atoms with Crippen LogP contribution in [-0.4, -0.2) is 34.7 Å². The highest BCUT2D eigenvalue weighted by molar-refractivity contribution is 5.95. The Labute approximate surface area is 161 Å². The predicted molar refractivity (Wildman–Crippen MR) is 103 cm³/mol. The molecule has 0 saturated heterocycles. The van der Waals surface area contributed by atoms with Crippen LogP contribution in [-0.2, 0) is 9.59 Å². The Bertz CT molecular complexity index is 986. The summed E-state index contributed by atoms with van der Waals surface area (Å²) in [5.74, 6) is 0.501. The Hall–Kier alpha value is -3.77. The molecule has 8 nitrogen and oxygen atoms in total. The molecule has 1 aromatic carbocycles. The molecule has 0 bridgehead atoms. The standard InChI is InChI=1S/C19H20N4O2.CO2/c1-12-10-15(20)18-16(22-12)4-3-5-17(18)25-11-13(2)23-19(24)14-6-8-21-9-7-14;2-1-3/h3-10,13H,11H2,1-2H3,(H2,20,22)(H,23,24);/t13-;/m1./s1. The van der Waals surface area contributed by atoms with Crippen molar-refractivity contribution in [2.45, 2.75) is 19.9 Å². The Morgan fingerprint density at radius 2 is 1.93 bits per heavy atom. The Morgan fingerprint density at radius 1 is 1.25 bits per heavy atom. The largest absolute Gasteiger partial charge is 0.491 e. The zero-order valence-corrected chi connectivity index (χ0v) is 15.5. The molecule has 1 amide bonds. The fraction of sp³-hybridized carbons (Fsp3) is 0.200. The number of ether oxygens (including phenoxy) is 1. The van der Waals surface area contributed by atoms with Crippen LogP contribution in [0.2, 0.25) is 0 Å². The molecule has 0 fully saturated rings. The summed E-state index contributed by atoms with van der Waals surface area (Å²) < 4.78 is 5.89. The normalized spacial score (nSPS) is 10.9. The van der Waals surface area contributed by atoms with Crippen molar-refractivity contribution in [1.29, 1.82) is 0 Å². The molecule has 0 spiro atoms. The fourth-order valence-corrected chi connectivity index (χ4v) is 2.61. The van der Waals surface area contributed by atoms with Crippen LogP contribution in [0.15, 0.2) is 48.8 Å².